The van der Waals surface area contributed by atoms with E-state index in [4.69, 9.17) is 0 Å². The highest BCUT2D eigenvalue weighted by Crippen LogP contribution is 2.41. The van der Waals surface area contributed by atoms with Crippen molar-refractivity contribution in [2.24, 2.45) is 0 Å². The van der Waals surface area contributed by atoms with Gasteiger partial charge in [0.05, 0.1) is 0 Å². The molecule has 0 saturated carbocycles. The second-order valence-corrected chi connectivity index (χ2v) is 7.33. The molecular weight excluding hydrogens is 364 g/mol. The fourth-order valence-corrected chi connectivity index (χ4v) is 3.96. The first kappa shape index (κ1) is 18.7. The van der Waals surface area contributed by atoms with Crippen LogP contribution in [0, 0.1) is 23.3 Å². The molecule has 0 amide bonds. The molecule has 28 heavy (non-hydrogen) atoms. The maximum absolute atomic E-state index is 15.2. The number of aryl methyl sites for hydroxylation is 1. The topological polar surface area (TPSA) is 0 Å². The minimum atomic E-state index is -1.55. The van der Waals surface area contributed by atoms with E-state index in [-0.39, 0.29) is 11.1 Å². The Morgan fingerprint density at radius 1 is 0.750 bits per heavy atom. The van der Waals surface area contributed by atoms with Crippen LogP contribution in [0.2, 0.25) is 0 Å². The summed E-state index contributed by atoms with van der Waals surface area (Å²) >= 11 is 0. The summed E-state index contributed by atoms with van der Waals surface area (Å²) < 4.78 is 55.6. The highest BCUT2D eigenvalue weighted by atomic mass is 19.2. The molecule has 4 rings (SSSR count). The van der Waals surface area contributed by atoms with Gasteiger partial charge in [-0.25, -0.2) is 17.6 Å². The summed E-state index contributed by atoms with van der Waals surface area (Å²) in [6, 6.07) is 11.2. The zero-order valence-corrected chi connectivity index (χ0v) is 15.6. The maximum Gasteiger partial charge on any atom is 0.194 e. The molecule has 0 heterocycles. The van der Waals surface area contributed by atoms with Gasteiger partial charge < -0.3 is 0 Å². The summed E-state index contributed by atoms with van der Waals surface area (Å²) in [4.78, 5) is 0. The third kappa shape index (κ3) is 3.21. The summed E-state index contributed by atoms with van der Waals surface area (Å²) in [6.45, 7) is 2.17. The van der Waals surface area contributed by atoms with Crippen molar-refractivity contribution in [1.29, 1.82) is 0 Å². The fraction of sp³-hybridized carbons (Fsp3) is 0.250. The molecule has 0 fully saturated rings. The Balaban J connectivity index is 1.70. The Labute approximate surface area is 161 Å². The van der Waals surface area contributed by atoms with Crippen molar-refractivity contribution in [3.05, 3.63) is 82.4 Å². The molecule has 0 nitrogen and oxygen atoms in total. The standard InChI is InChI=1S/C24H20F4/c1-2-3-4-5-14-6-7-17-15(10-14)11-20-19(17)9-8-18(23(20)27)16-12-21(25)24(28)22(26)13-16/h6-10,12-13H,2-5,11H2,1H3. The zero-order chi connectivity index (χ0) is 19.8. The molecule has 0 radical (unpaired) electrons. The smallest absolute Gasteiger partial charge is 0.194 e. The van der Waals surface area contributed by atoms with Crippen molar-refractivity contribution in [3.8, 4) is 22.3 Å². The molecule has 4 heteroatoms. The Bertz CT molecular complexity index is 1030. The molecule has 0 aliphatic heterocycles. The minimum absolute atomic E-state index is 0.00656. The van der Waals surface area contributed by atoms with Gasteiger partial charge in [-0.2, -0.15) is 0 Å². The maximum atomic E-state index is 15.2. The largest absolute Gasteiger partial charge is 0.206 e. The third-order valence-corrected chi connectivity index (χ3v) is 5.43. The highest BCUT2D eigenvalue weighted by Gasteiger charge is 2.25. The average Bonchev–Trinajstić information content (AvgIpc) is 3.05. The molecule has 0 unspecified atom stereocenters. The molecule has 1 aliphatic rings. The first-order valence-corrected chi connectivity index (χ1v) is 9.58. The number of hydrogen-bond donors (Lipinski definition) is 0. The van der Waals surface area contributed by atoms with Crippen molar-refractivity contribution in [2.75, 3.05) is 0 Å². The van der Waals surface area contributed by atoms with E-state index in [9.17, 15) is 13.2 Å². The molecule has 0 saturated heterocycles. The van der Waals surface area contributed by atoms with Gasteiger partial charge in [0, 0.05) is 17.5 Å². The molecule has 0 bridgehead atoms. The summed E-state index contributed by atoms with van der Waals surface area (Å²) in [5.74, 6) is -4.70. The predicted molar refractivity (Wildman–Crippen MR) is 103 cm³/mol. The van der Waals surface area contributed by atoms with Gasteiger partial charge in [-0.15, -0.1) is 0 Å². The lowest BCUT2D eigenvalue weighted by molar-refractivity contribution is 0.447. The number of rotatable bonds is 5. The SMILES string of the molecule is CCCCCc1ccc2c(c1)Cc1c-2ccc(-c2cc(F)c(F)c(F)c2)c1F. The van der Waals surface area contributed by atoms with Crippen LogP contribution in [-0.2, 0) is 12.8 Å². The number of unbranched alkanes of at least 4 members (excludes halogenated alkanes) is 2. The second-order valence-electron chi connectivity index (χ2n) is 7.33. The quantitative estimate of drug-likeness (QED) is 0.194. The van der Waals surface area contributed by atoms with Crippen molar-refractivity contribution in [3.63, 3.8) is 0 Å². The summed E-state index contributed by atoms with van der Waals surface area (Å²) in [5, 5.41) is 0. The first-order chi connectivity index (χ1) is 13.5. The second kappa shape index (κ2) is 7.42. The van der Waals surface area contributed by atoms with Gasteiger partial charge in [0.15, 0.2) is 17.5 Å². The molecule has 0 N–H and O–H groups in total. The Hall–Kier alpha value is -2.62. The first-order valence-electron chi connectivity index (χ1n) is 9.58. The van der Waals surface area contributed by atoms with Crippen molar-refractivity contribution in [1.82, 2.24) is 0 Å². The lowest BCUT2D eigenvalue weighted by Crippen LogP contribution is -1.96. The number of halogens is 4. The van der Waals surface area contributed by atoms with Gasteiger partial charge >= 0.3 is 0 Å². The van der Waals surface area contributed by atoms with Crippen LogP contribution < -0.4 is 0 Å². The molecule has 3 aromatic carbocycles. The minimum Gasteiger partial charge on any atom is -0.206 e. The van der Waals surface area contributed by atoms with Crippen LogP contribution in [0.4, 0.5) is 17.6 Å². The van der Waals surface area contributed by atoms with E-state index in [0.29, 0.717) is 12.0 Å². The number of hydrogen-bond acceptors (Lipinski definition) is 0. The molecule has 144 valence electrons. The summed E-state index contributed by atoms with van der Waals surface area (Å²) in [7, 11) is 0. The lowest BCUT2D eigenvalue weighted by Gasteiger charge is -2.09. The highest BCUT2D eigenvalue weighted by molar-refractivity contribution is 5.81. The van der Waals surface area contributed by atoms with Crippen LogP contribution in [-0.4, -0.2) is 0 Å². The molecule has 0 atom stereocenters. The zero-order valence-electron chi connectivity index (χ0n) is 15.6. The number of benzene rings is 3. The normalized spacial score (nSPS) is 12.2. The van der Waals surface area contributed by atoms with E-state index in [2.05, 4.69) is 19.1 Å². The van der Waals surface area contributed by atoms with Crippen LogP contribution in [0.1, 0.15) is 42.9 Å². The third-order valence-electron chi connectivity index (χ3n) is 5.43. The van der Waals surface area contributed by atoms with E-state index in [1.807, 2.05) is 6.07 Å². The molecular formula is C24H20F4. The van der Waals surface area contributed by atoms with Gasteiger partial charge in [0.2, 0.25) is 0 Å². The summed E-state index contributed by atoms with van der Waals surface area (Å²) in [5.41, 5.74) is 4.69. The van der Waals surface area contributed by atoms with Crippen LogP contribution >= 0.6 is 0 Å². The van der Waals surface area contributed by atoms with Crippen molar-refractivity contribution in [2.45, 2.75) is 39.0 Å². The van der Waals surface area contributed by atoms with E-state index in [1.165, 1.54) is 18.1 Å². The van der Waals surface area contributed by atoms with Gasteiger partial charge in [-0.05, 0) is 52.8 Å². The van der Waals surface area contributed by atoms with Gasteiger partial charge in [0.25, 0.3) is 0 Å². The summed E-state index contributed by atoms with van der Waals surface area (Å²) in [6.07, 6.45) is 4.91. The Morgan fingerprint density at radius 2 is 1.43 bits per heavy atom. The monoisotopic (exact) mass is 384 g/mol. The molecule has 1 aliphatic carbocycles. The average molecular weight is 384 g/mol. The van der Waals surface area contributed by atoms with Crippen molar-refractivity contribution < 1.29 is 17.6 Å². The predicted octanol–water partition coefficient (Wildman–Crippen LogP) is 7.21. The van der Waals surface area contributed by atoms with Crippen molar-refractivity contribution >= 4 is 0 Å². The molecule has 0 spiro atoms. The van der Waals surface area contributed by atoms with Gasteiger partial charge in [0.1, 0.15) is 5.82 Å². The fourth-order valence-electron chi connectivity index (χ4n) is 3.96. The molecule has 3 aromatic rings. The van der Waals surface area contributed by atoms with Crippen LogP contribution in [0.5, 0.6) is 0 Å². The van der Waals surface area contributed by atoms with E-state index in [1.54, 1.807) is 6.07 Å². The van der Waals surface area contributed by atoms with E-state index in [0.717, 1.165) is 48.1 Å². The Morgan fingerprint density at radius 3 is 2.14 bits per heavy atom. The number of fused-ring (bicyclic) bond motifs is 3. The van der Waals surface area contributed by atoms with Crippen LogP contribution in [0.25, 0.3) is 22.3 Å². The van der Waals surface area contributed by atoms with Gasteiger partial charge in [-0.1, -0.05) is 50.1 Å². The van der Waals surface area contributed by atoms with Crippen LogP contribution in [0.15, 0.2) is 42.5 Å². The van der Waals surface area contributed by atoms with E-state index < -0.39 is 23.3 Å². The van der Waals surface area contributed by atoms with Gasteiger partial charge in [-0.3, -0.25) is 0 Å². The Kier molecular flexibility index (Phi) is 4.96. The van der Waals surface area contributed by atoms with E-state index >= 15 is 4.39 Å². The molecule has 0 aromatic heterocycles. The lowest BCUT2D eigenvalue weighted by atomic mass is 9.97. The van der Waals surface area contributed by atoms with Crippen LogP contribution in [0.3, 0.4) is 0 Å².